The van der Waals surface area contributed by atoms with Gasteiger partial charge in [0.15, 0.2) is 6.29 Å². The fourth-order valence-electron chi connectivity index (χ4n) is 1.33. The summed E-state index contributed by atoms with van der Waals surface area (Å²) in [7, 11) is 4.98. The number of hydrogen-bond donors (Lipinski definition) is 0. The van der Waals surface area contributed by atoms with E-state index in [0.29, 0.717) is 0 Å². The SMILES string of the molecule is CN=Cc1ccccc1C(OC)OC. The third-order valence-corrected chi connectivity index (χ3v) is 1.95. The minimum Gasteiger partial charge on any atom is -0.352 e. The number of hydrogen-bond acceptors (Lipinski definition) is 3. The lowest BCUT2D eigenvalue weighted by Gasteiger charge is -2.15. The van der Waals surface area contributed by atoms with Crippen molar-refractivity contribution >= 4 is 6.21 Å². The highest BCUT2D eigenvalue weighted by Gasteiger charge is 2.11. The van der Waals surface area contributed by atoms with E-state index in [-0.39, 0.29) is 6.29 Å². The van der Waals surface area contributed by atoms with Crippen LogP contribution >= 0.6 is 0 Å². The first-order chi connectivity index (χ1) is 6.83. The summed E-state index contributed by atoms with van der Waals surface area (Å²) in [4.78, 5) is 3.98. The summed E-state index contributed by atoms with van der Waals surface area (Å²) in [6.07, 6.45) is 1.46. The number of rotatable bonds is 4. The molecule has 0 bridgehead atoms. The van der Waals surface area contributed by atoms with Crippen molar-refractivity contribution in [2.45, 2.75) is 6.29 Å². The topological polar surface area (TPSA) is 30.8 Å². The van der Waals surface area contributed by atoms with Gasteiger partial charge in [-0.15, -0.1) is 0 Å². The van der Waals surface area contributed by atoms with Crippen molar-refractivity contribution < 1.29 is 9.47 Å². The molecule has 1 aromatic rings. The molecule has 0 aliphatic rings. The van der Waals surface area contributed by atoms with E-state index in [9.17, 15) is 0 Å². The second kappa shape index (κ2) is 5.52. The first kappa shape index (κ1) is 10.9. The van der Waals surface area contributed by atoms with Crippen molar-refractivity contribution in [2.24, 2.45) is 4.99 Å². The van der Waals surface area contributed by atoms with Gasteiger partial charge in [0.05, 0.1) is 0 Å². The average Bonchev–Trinajstić information content (AvgIpc) is 2.23. The van der Waals surface area contributed by atoms with Crippen LogP contribution in [0.1, 0.15) is 17.4 Å². The summed E-state index contributed by atoms with van der Waals surface area (Å²) in [6, 6.07) is 7.86. The lowest BCUT2D eigenvalue weighted by Crippen LogP contribution is -2.06. The van der Waals surface area contributed by atoms with Crippen molar-refractivity contribution in [3.8, 4) is 0 Å². The van der Waals surface area contributed by atoms with E-state index >= 15 is 0 Å². The molecule has 0 unspecified atom stereocenters. The van der Waals surface area contributed by atoms with Gasteiger partial charge in [0.2, 0.25) is 0 Å². The Morgan fingerprint density at radius 1 is 1.21 bits per heavy atom. The predicted octanol–water partition coefficient (Wildman–Crippen LogP) is 2.03. The Morgan fingerprint density at radius 3 is 2.43 bits per heavy atom. The summed E-state index contributed by atoms with van der Waals surface area (Å²) < 4.78 is 10.4. The number of methoxy groups -OCH3 is 2. The lowest BCUT2D eigenvalue weighted by molar-refractivity contribution is -0.106. The van der Waals surface area contributed by atoms with Gasteiger partial charge in [-0.25, -0.2) is 0 Å². The zero-order valence-corrected chi connectivity index (χ0v) is 8.73. The minimum atomic E-state index is -0.329. The van der Waals surface area contributed by atoms with E-state index in [2.05, 4.69) is 4.99 Å². The number of nitrogens with zero attached hydrogens (tertiary/aromatic N) is 1. The van der Waals surface area contributed by atoms with Gasteiger partial charge in [0, 0.05) is 38.6 Å². The van der Waals surface area contributed by atoms with E-state index in [1.54, 1.807) is 27.5 Å². The standard InChI is InChI=1S/C11H15NO2/c1-12-8-9-6-4-5-7-10(9)11(13-2)14-3/h4-8,11H,1-3H3. The Morgan fingerprint density at radius 2 is 1.86 bits per heavy atom. The first-order valence-corrected chi connectivity index (χ1v) is 4.40. The minimum absolute atomic E-state index is 0.329. The molecule has 0 amide bonds. The van der Waals surface area contributed by atoms with Crippen LogP contribution in [0, 0.1) is 0 Å². The van der Waals surface area contributed by atoms with E-state index < -0.39 is 0 Å². The molecule has 1 rings (SSSR count). The molecule has 0 aromatic heterocycles. The van der Waals surface area contributed by atoms with Gasteiger partial charge in [0.25, 0.3) is 0 Å². The molecular weight excluding hydrogens is 178 g/mol. The Labute approximate surface area is 84.4 Å². The van der Waals surface area contributed by atoms with Crippen LogP contribution < -0.4 is 0 Å². The highest BCUT2D eigenvalue weighted by molar-refractivity contribution is 5.81. The van der Waals surface area contributed by atoms with Crippen LogP contribution in [-0.2, 0) is 9.47 Å². The molecule has 1 aromatic carbocycles. The van der Waals surface area contributed by atoms with E-state index in [1.807, 2.05) is 24.3 Å². The van der Waals surface area contributed by atoms with Crippen LogP contribution in [0.2, 0.25) is 0 Å². The van der Waals surface area contributed by atoms with Crippen LogP contribution in [0.3, 0.4) is 0 Å². The van der Waals surface area contributed by atoms with Crippen LogP contribution in [0.5, 0.6) is 0 Å². The molecule has 0 aliphatic carbocycles. The third-order valence-electron chi connectivity index (χ3n) is 1.95. The molecule has 0 fully saturated rings. The van der Waals surface area contributed by atoms with Crippen LogP contribution in [0.15, 0.2) is 29.3 Å². The molecule has 0 N–H and O–H groups in total. The molecule has 0 spiro atoms. The van der Waals surface area contributed by atoms with Gasteiger partial charge in [-0.05, 0) is 0 Å². The number of aliphatic imine (C=N–C) groups is 1. The molecule has 3 heteroatoms. The van der Waals surface area contributed by atoms with E-state index in [0.717, 1.165) is 11.1 Å². The van der Waals surface area contributed by atoms with Crippen LogP contribution in [0.4, 0.5) is 0 Å². The summed E-state index contributed by atoms with van der Waals surface area (Å²) in [6.45, 7) is 0. The number of benzene rings is 1. The highest BCUT2D eigenvalue weighted by Crippen LogP contribution is 2.20. The predicted molar refractivity (Wildman–Crippen MR) is 56.7 cm³/mol. The Balaban J connectivity index is 3.04. The maximum atomic E-state index is 5.19. The second-order valence-corrected chi connectivity index (χ2v) is 2.82. The van der Waals surface area contributed by atoms with Gasteiger partial charge in [-0.3, -0.25) is 4.99 Å². The number of ether oxygens (including phenoxy) is 2. The molecule has 0 aliphatic heterocycles. The quantitative estimate of drug-likeness (QED) is 0.541. The van der Waals surface area contributed by atoms with Gasteiger partial charge >= 0.3 is 0 Å². The smallest absolute Gasteiger partial charge is 0.183 e. The van der Waals surface area contributed by atoms with E-state index in [1.165, 1.54) is 0 Å². The Kier molecular flexibility index (Phi) is 4.29. The Hall–Kier alpha value is -1.19. The molecule has 3 nitrogen and oxygen atoms in total. The fourth-order valence-corrected chi connectivity index (χ4v) is 1.33. The summed E-state index contributed by atoms with van der Waals surface area (Å²) in [5.74, 6) is 0. The second-order valence-electron chi connectivity index (χ2n) is 2.82. The van der Waals surface area contributed by atoms with Gasteiger partial charge in [0.1, 0.15) is 0 Å². The van der Waals surface area contributed by atoms with Gasteiger partial charge in [-0.1, -0.05) is 24.3 Å². The van der Waals surface area contributed by atoms with E-state index in [4.69, 9.17) is 9.47 Å². The molecule has 0 radical (unpaired) electrons. The first-order valence-electron chi connectivity index (χ1n) is 4.40. The normalized spacial score (nSPS) is 11.4. The highest BCUT2D eigenvalue weighted by atomic mass is 16.7. The third kappa shape index (κ3) is 2.40. The summed E-state index contributed by atoms with van der Waals surface area (Å²) in [5, 5.41) is 0. The van der Waals surface area contributed by atoms with Crippen molar-refractivity contribution in [1.82, 2.24) is 0 Å². The maximum Gasteiger partial charge on any atom is 0.183 e. The van der Waals surface area contributed by atoms with Gasteiger partial charge in [-0.2, -0.15) is 0 Å². The molecule has 0 saturated heterocycles. The monoisotopic (exact) mass is 193 g/mol. The van der Waals surface area contributed by atoms with Crippen molar-refractivity contribution in [2.75, 3.05) is 21.3 Å². The molecule has 14 heavy (non-hydrogen) atoms. The van der Waals surface area contributed by atoms with Gasteiger partial charge < -0.3 is 9.47 Å². The van der Waals surface area contributed by atoms with Crippen molar-refractivity contribution in [1.29, 1.82) is 0 Å². The molecule has 76 valence electrons. The van der Waals surface area contributed by atoms with Crippen LogP contribution in [0.25, 0.3) is 0 Å². The molecular formula is C11H15NO2. The molecule has 0 heterocycles. The zero-order chi connectivity index (χ0) is 10.4. The van der Waals surface area contributed by atoms with Crippen LogP contribution in [-0.4, -0.2) is 27.5 Å². The van der Waals surface area contributed by atoms with Crippen molar-refractivity contribution in [3.63, 3.8) is 0 Å². The average molecular weight is 193 g/mol. The largest absolute Gasteiger partial charge is 0.352 e. The summed E-state index contributed by atoms with van der Waals surface area (Å²) >= 11 is 0. The zero-order valence-electron chi connectivity index (χ0n) is 8.73. The fraction of sp³-hybridized carbons (Fsp3) is 0.364. The lowest BCUT2D eigenvalue weighted by atomic mass is 10.1. The maximum absolute atomic E-state index is 5.19. The molecule has 0 atom stereocenters. The summed E-state index contributed by atoms with van der Waals surface area (Å²) in [5.41, 5.74) is 2.01. The molecule has 0 saturated carbocycles. The Bertz CT molecular complexity index is 306. The van der Waals surface area contributed by atoms with Crippen molar-refractivity contribution in [3.05, 3.63) is 35.4 Å².